The van der Waals surface area contributed by atoms with Crippen molar-refractivity contribution in [1.29, 1.82) is 0 Å². The molecule has 0 bridgehead atoms. The standard InChI is InChI=1S/C11H16F3N3/c1-10(2,3)9-15-7(11(12,13)14)6-8(16-9)17(4)5/h6H,1-5H3. The zero-order valence-electron chi connectivity index (χ0n) is 10.6. The maximum Gasteiger partial charge on any atom is 0.433 e. The first-order valence-corrected chi connectivity index (χ1v) is 5.16. The summed E-state index contributed by atoms with van der Waals surface area (Å²) in [4.78, 5) is 9.26. The Balaban J connectivity index is 3.40. The van der Waals surface area contributed by atoms with Gasteiger partial charge in [-0.05, 0) is 0 Å². The molecule has 0 saturated heterocycles. The molecule has 3 nitrogen and oxygen atoms in total. The molecule has 17 heavy (non-hydrogen) atoms. The van der Waals surface area contributed by atoms with E-state index in [2.05, 4.69) is 9.97 Å². The summed E-state index contributed by atoms with van der Waals surface area (Å²) in [5, 5.41) is 0. The minimum Gasteiger partial charge on any atom is -0.363 e. The summed E-state index contributed by atoms with van der Waals surface area (Å²) < 4.78 is 38.1. The van der Waals surface area contributed by atoms with Crippen LogP contribution in [0.3, 0.4) is 0 Å². The number of anilines is 1. The fourth-order valence-corrected chi connectivity index (χ4v) is 1.14. The Morgan fingerprint density at radius 3 is 1.94 bits per heavy atom. The molecule has 0 amide bonds. The molecule has 0 saturated carbocycles. The maximum absolute atomic E-state index is 12.7. The van der Waals surface area contributed by atoms with E-state index in [9.17, 15) is 13.2 Å². The van der Waals surface area contributed by atoms with Crippen LogP contribution in [-0.4, -0.2) is 24.1 Å². The largest absolute Gasteiger partial charge is 0.433 e. The predicted molar refractivity (Wildman–Crippen MR) is 60.1 cm³/mol. The summed E-state index contributed by atoms with van der Waals surface area (Å²) in [6.07, 6.45) is -4.45. The van der Waals surface area contributed by atoms with Crippen LogP contribution in [0.2, 0.25) is 0 Å². The second-order valence-electron chi connectivity index (χ2n) is 5.08. The lowest BCUT2D eigenvalue weighted by Gasteiger charge is -2.21. The summed E-state index contributed by atoms with van der Waals surface area (Å²) in [6.45, 7) is 5.34. The highest BCUT2D eigenvalue weighted by molar-refractivity contribution is 5.39. The molecule has 0 spiro atoms. The van der Waals surface area contributed by atoms with Crippen LogP contribution in [0.25, 0.3) is 0 Å². The lowest BCUT2D eigenvalue weighted by Crippen LogP contribution is -2.23. The molecular weight excluding hydrogens is 231 g/mol. The SMILES string of the molecule is CN(C)c1cc(C(F)(F)F)nc(C(C)(C)C)n1. The van der Waals surface area contributed by atoms with E-state index in [0.717, 1.165) is 6.07 Å². The number of alkyl halides is 3. The van der Waals surface area contributed by atoms with Crippen LogP contribution < -0.4 is 4.90 Å². The minimum absolute atomic E-state index is 0.191. The molecule has 0 aromatic carbocycles. The normalized spacial score (nSPS) is 12.7. The monoisotopic (exact) mass is 247 g/mol. The highest BCUT2D eigenvalue weighted by Crippen LogP contribution is 2.31. The number of aromatic nitrogens is 2. The number of nitrogens with zero attached hydrogens (tertiary/aromatic N) is 3. The van der Waals surface area contributed by atoms with Crippen LogP contribution in [0.1, 0.15) is 32.3 Å². The number of halogens is 3. The van der Waals surface area contributed by atoms with Crippen LogP contribution in [0.4, 0.5) is 19.0 Å². The van der Waals surface area contributed by atoms with Gasteiger partial charge in [0.15, 0.2) is 0 Å². The molecule has 0 fully saturated rings. The summed E-state index contributed by atoms with van der Waals surface area (Å²) in [5.41, 5.74) is -1.42. The van der Waals surface area contributed by atoms with Gasteiger partial charge in [0.1, 0.15) is 17.3 Å². The van der Waals surface area contributed by atoms with E-state index in [1.165, 1.54) is 4.90 Å². The molecule has 0 atom stereocenters. The molecule has 0 aliphatic rings. The minimum atomic E-state index is -4.45. The Labute approximate surface area is 98.7 Å². The van der Waals surface area contributed by atoms with Gasteiger partial charge in [-0.3, -0.25) is 0 Å². The Kier molecular flexibility index (Phi) is 3.36. The van der Waals surface area contributed by atoms with E-state index in [1.54, 1.807) is 34.9 Å². The first-order valence-electron chi connectivity index (χ1n) is 5.16. The summed E-state index contributed by atoms with van der Waals surface area (Å²) in [6, 6.07) is 0.954. The van der Waals surface area contributed by atoms with Crippen molar-refractivity contribution in [3.05, 3.63) is 17.6 Å². The van der Waals surface area contributed by atoms with E-state index in [1.807, 2.05) is 0 Å². The van der Waals surface area contributed by atoms with Gasteiger partial charge in [0.2, 0.25) is 0 Å². The van der Waals surface area contributed by atoms with E-state index in [-0.39, 0.29) is 11.6 Å². The fourth-order valence-electron chi connectivity index (χ4n) is 1.14. The first-order chi connectivity index (χ1) is 7.51. The Morgan fingerprint density at radius 2 is 1.59 bits per heavy atom. The molecule has 0 unspecified atom stereocenters. The van der Waals surface area contributed by atoms with Crippen molar-refractivity contribution in [2.75, 3.05) is 19.0 Å². The molecule has 0 aliphatic heterocycles. The van der Waals surface area contributed by atoms with Crippen molar-refractivity contribution in [2.45, 2.75) is 32.4 Å². The van der Waals surface area contributed by atoms with Crippen molar-refractivity contribution in [3.63, 3.8) is 0 Å². The van der Waals surface area contributed by atoms with Gasteiger partial charge < -0.3 is 4.90 Å². The van der Waals surface area contributed by atoms with E-state index in [0.29, 0.717) is 0 Å². The van der Waals surface area contributed by atoms with Crippen LogP contribution in [0.5, 0.6) is 0 Å². The van der Waals surface area contributed by atoms with Gasteiger partial charge in [-0.15, -0.1) is 0 Å². The van der Waals surface area contributed by atoms with Gasteiger partial charge in [-0.1, -0.05) is 20.8 Å². The van der Waals surface area contributed by atoms with Crippen molar-refractivity contribution >= 4 is 5.82 Å². The van der Waals surface area contributed by atoms with Gasteiger partial charge in [0.05, 0.1) is 0 Å². The fraction of sp³-hybridized carbons (Fsp3) is 0.636. The zero-order chi connectivity index (χ0) is 13.4. The van der Waals surface area contributed by atoms with Gasteiger partial charge in [-0.25, -0.2) is 9.97 Å². The van der Waals surface area contributed by atoms with Crippen LogP contribution in [-0.2, 0) is 11.6 Å². The third-order valence-electron chi connectivity index (χ3n) is 2.13. The third kappa shape index (κ3) is 3.31. The van der Waals surface area contributed by atoms with Crippen molar-refractivity contribution in [3.8, 4) is 0 Å². The highest BCUT2D eigenvalue weighted by Gasteiger charge is 2.35. The van der Waals surface area contributed by atoms with Gasteiger partial charge in [0, 0.05) is 25.6 Å². The summed E-state index contributed by atoms with van der Waals surface area (Å²) in [7, 11) is 3.30. The molecule has 1 rings (SSSR count). The Bertz CT molecular complexity index is 373. The Hall–Kier alpha value is -1.33. The Morgan fingerprint density at radius 1 is 1.06 bits per heavy atom. The lowest BCUT2D eigenvalue weighted by molar-refractivity contribution is -0.141. The second-order valence-corrected chi connectivity index (χ2v) is 5.08. The average Bonchev–Trinajstić information content (AvgIpc) is 2.14. The molecular formula is C11H16F3N3. The van der Waals surface area contributed by atoms with Crippen molar-refractivity contribution in [2.24, 2.45) is 0 Å². The zero-order valence-corrected chi connectivity index (χ0v) is 10.6. The van der Waals surface area contributed by atoms with E-state index < -0.39 is 17.3 Å². The number of hydrogen-bond acceptors (Lipinski definition) is 3. The molecule has 0 N–H and O–H groups in total. The molecule has 96 valence electrons. The maximum atomic E-state index is 12.7. The first kappa shape index (κ1) is 13.7. The predicted octanol–water partition coefficient (Wildman–Crippen LogP) is 2.86. The second kappa shape index (κ2) is 4.16. The topological polar surface area (TPSA) is 29.0 Å². The van der Waals surface area contributed by atoms with Crippen LogP contribution >= 0.6 is 0 Å². The van der Waals surface area contributed by atoms with E-state index in [4.69, 9.17) is 0 Å². The van der Waals surface area contributed by atoms with Gasteiger partial charge in [0.25, 0.3) is 0 Å². The summed E-state index contributed by atoms with van der Waals surface area (Å²) >= 11 is 0. The van der Waals surface area contributed by atoms with Gasteiger partial charge >= 0.3 is 6.18 Å². The average molecular weight is 247 g/mol. The van der Waals surface area contributed by atoms with Crippen LogP contribution in [0, 0.1) is 0 Å². The summed E-state index contributed by atoms with van der Waals surface area (Å²) in [5.74, 6) is 0.452. The van der Waals surface area contributed by atoms with Crippen molar-refractivity contribution in [1.82, 2.24) is 9.97 Å². The smallest absolute Gasteiger partial charge is 0.363 e. The molecule has 6 heteroatoms. The van der Waals surface area contributed by atoms with Crippen LogP contribution in [0.15, 0.2) is 6.07 Å². The number of hydrogen-bond donors (Lipinski definition) is 0. The third-order valence-corrected chi connectivity index (χ3v) is 2.13. The van der Waals surface area contributed by atoms with Gasteiger partial charge in [-0.2, -0.15) is 13.2 Å². The molecule has 1 aromatic heterocycles. The molecule has 1 heterocycles. The van der Waals surface area contributed by atoms with Crippen molar-refractivity contribution < 1.29 is 13.2 Å². The lowest BCUT2D eigenvalue weighted by atomic mass is 9.95. The number of rotatable bonds is 1. The quantitative estimate of drug-likeness (QED) is 0.764. The van der Waals surface area contributed by atoms with E-state index >= 15 is 0 Å². The highest BCUT2D eigenvalue weighted by atomic mass is 19.4. The molecule has 1 aromatic rings. The molecule has 0 radical (unpaired) electrons. The molecule has 0 aliphatic carbocycles.